The SMILES string of the molecule is O=C(Nc1cc(Oc2ccc([N+](=O)[O-])cc2F)ncn1)N1CCN(CCN2CCC2)CC1. The number of aromatic nitrogens is 2. The highest BCUT2D eigenvalue weighted by atomic mass is 19.1. The summed E-state index contributed by atoms with van der Waals surface area (Å²) in [7, 11) is 0. The third-order valence-corrected chi connectivity index (χ3v) is 5.56. The lowest BCUT2D eigenvalue weighted by atomic mass is 10.2. The fraction of sp³-hybridized carbons (Fsp3) is 0.450. The number of ether oxygens (including phenoxy) is 1. The van der Waals surface area contributed by atoms with Gasteiger partial charge in [0.1, 0.15) is 12.1 Å². The molecule has 2 aliphatic heterocycles. The summed E-state index contributed by atoms with van der Waals surface area (Å²) in [5, 5.41) is 13.4. The summed E-state index contributed by atoms with van der Waals surface area (Å²) in [5.41, 5.74) is -0.383. The maximum absolute atomic E-state index is 14.0. The third kappa shape index (κ3) is 5.45. The highest BCUT2D eigenvalue weighted by molar-refractivity contribution is 5.88. The van der Waals surface area contributed by atoms with Gasteiger partial charge in [-0.2, -0.15) is 0 Å². The van der Waals surface area contributed by atoms with E-state index < -0.39 is 10.7 Å². The molecule has 0 atom stereocenters. The molecule has 2 saturated heterocycles. The highest BCUT2D eigenvalue weighted by Crippen LogP contribution is 2.27. The zero-order valence-electron chi connectivity index (χ0n) is 17.4. The lowest BCUT2D eigenvalue weighted by Gasteiger charge is -2.37. The number of carbonyl (C=O) groups is 1. The van der Waals surface area contributed by atoms with Crippen molar-refractivity contribution < 1.29 is 18.8 Å². The van der Waals surface area contributed by atoms with E-state index in [-0.39, 0.29) is 29.2 Å². The molecule has 0 spiro atoms. The summed E-state index contributed by atoms with van der Waals surface area (Å²) in [4.78, 5) is 37.0. The van der Waals surface area contributed by atoms with E-state index in [4.69, 9.17) is 4.74 Å². The molecule has 2 fully saturated rings. The number of nitrogens with zero attached hydrogens (tertiary/aromatic N) is 6. The lowest BCUT2D eigenvalue weighted by Crippen LogP contribution is -2.52. The minimum atomic E-state index is -0.893. The van der Waals surface area contributed by atoms with E-state index in [1.54, 1.807) is 4.90 Å². The highest BCUT2D eigenvalue weighted by Gasteiger charge is 2.23. The largest absolute Gasteiger partial charge is 0.436 e. The van der Waals surface area contributed by atoms with Crippen LogP contribution in [0.15, 0.2) is 30.6 Å². The predicted molar refractivity (Wildman–Crippen MR) is 113 cm³/mol. The second-order valence-electron chi connectivity index (χ2n) is 7.67. The maximum Gasteiger partial charge on any atom is 0.323 e. The molecule has 170 valence electrons. The van der Waals surface area contributed by atoms with Crippen molar-refractivity contribution in [3.63, 3.8) is 0 Å². The number of hydrogen-bond donors (Lipinski definition) is 1. The molecule has 2 aliphatic rings. The number of benzene rings is 1. The van der Waals surface area contributed by atoms with E-state index in [1.807, 2.05) is 0 Å². The van der Waals surface area contributed by atoms with Gasteiger partial charge < -0.3 is 14.5 Å². The van der Waals surface area contributed by atoms with Gasteiger partial charge in [-0.15, -0.1) is 0 Å². The Balaban J connectivity index is 1.29. The van der Waals surface area contributed by atoms with E-state index in [2.05, 4.69) is 25.1 Å². The Morgan fingerprint density at radius 3 is 2.44 bits per heavy atom. The van der Waals surface area contributed by atoms with E-state index in [1.165, 1.54) is 31.9 Å². The molecule has 2 amide bonds. The number of urea groups is 1. The Morgan fingerprint density at radius 1 is 1.09 bits per heavy atom. The van der Waals surface area contributed by atoms with Crippen molar-refractivity contribution in [1.29, 1.82) is 0 Å². The molecule has 11 nitrogen and oxygen atoms in total. The van der Waals surface area contributed by atoms with Crippen LogP contribution in [0.5, 0.6) is 11.6 Å². The monoisotopic (exact) mass is 445 g/mol. The number of halogens is 1. The Hall–Kier alpha value is -3.38. The molecular weight excluding hydrogens is 421 g/mol. The first-order chi connectivity index (χ1) is 15.5. The van der Waals surface area contributed by atoms with Crippen LogP contribution in [0, 0.1) is 15.9 Å². The number of nitro benzene ring substituents is 1. The molecule has 1 aromatic carbocycles. The standard InChI is InChI=1S/C20H24FN7O4/c21-16-12-15(28(30)31)2-3-17(16)32-19-13-18(22-14-23-19)24-20(29)27-10-8-26(9-11-27)7-6-25-4-1-5-25/h2-3,12-14H,1,4-11H2,(H,22,23,24,29). The Labute approximate surface area is 183 Å². The molecule has 1 aromatic heterocycles. The quantitative estimate of drug-likeness (QED) is 0.509. The third-order valence-electron chi connectivity index (χ3n) is 5.56. The van der Waals surface area contributed by atoms with Crippen LogP contribution in [-0.4, -0.2) is 88.0 Å². The van der Waals surface area contributed by atoms with Crippen LogP contribution in [0.25, 0.3) is 0 Å². The summed E-state index contributed by atoms with van der Waals surface area (Å²) in [6.07, 6.45) is 2.47. The molecule has 32 heavy (non-hydrogen) atoms. The normalized spacial score (nSPS) is 17.0. The lowest BCUT2D eigenvalue weighted by molar-refractivity contribution is -0.385. The van der Waals surface area contributed by atoms with Crippen LogP contribution in [0.3, 0.4) is 0 Å². The second kappa shape index (κ2) is 9.83. The summed E-state index contributed by atoms with van der Waals surface area (Å²) in [6.45, 7) is 7.33. The topological polar surface area (TPSA) is 117 Å². The van der Waals surface area contributed by atoms with Crippen LogP contribution in [0.1, 0.15) is 6.42 Å². The zero-order valence-corrected chi connectivity index (χ0v) is 17.4. The average Bonchev–Trinajstić information content (AvgIpc) is 2.74. The number of nitrogens with one attached hydrogen (secondary N) is 1. The van der Waals surface area contributed by atoms with Crippen molar-refractivity contribution in [1.82, 2.24) is 24.7 Å². The number of nitro groups is 1. The predicted octanol–water partition coefficient (Wildman–Crippen LogP) is 2.17. The van der Waals surface area contributed by atoms with E-state index in [9.17, 15) is 19.3 Å². The van der Waals surface area contributed by atoms with E-state index in [0.29, 0.717) is 13.1 Å². The first kappa shape index (κ1) is 21.8. The van der Waals surface area contributed by atoms with Gasteiger partial charge in [-0.05, 0) is 25.6 Å². The molecule has 1 N–H and O–H groups in total. The molecular formula is C20H24FN7O4. The fourth-order valence-electron chi connectivity index (χ4n) is 3.51. The van der Waals surface area contributed by atoms with Gasteiger partial charge in [0.15, 0.2) is 11.6 Å². The minimum Gasteiger partial charge on any atom is -0.436 e. The second-order valence-corrected chi connectivity index (χ2v) is 7.67. The van der Waals surface area contributed by atoms with Crippen molar-refractivity contribution >= 4 is 17.5 Å². The number of rotatable bonds is 7. The van der Waals surface area contributed by atoms with Crippen LogP contribution in [0.4, 0.5) is 20.7 Å². The zero-order chi connectivity index (χ0) is 22.5. The van der Waals surface area contributed by atoms with Gasteiger partial charge in [0.25, 0.3) is 5.69 Å². The molecule has 0 aliphatic carbocycles. The van der Waals surface area contributed by atoms with Crippen molar-refractivity contribution in [2.45, 2.75) is 6.42 Å². The molecule has 4 rings (SSSR count). The van der Waals surface area contributed by atoms with Gasteiger partial charge >= 0.3 is 6.03 Å². The smallest absolute Gasteiger partial charge is 0.323 e. The molecule has 2 aromatic rings. The van der Waals surface area contributed by atoms with Crippen LogP contribution >= 0.6 is 0 Å². The molecule has 0 radical (unpaired) electrons. The summed E-state index contributed by atoms with van der Waals surface area (Å²) < 4.78 is 19.4. The fourth-order valence-corrected chi connectivity index (χ4v) is 3.51. The van der Waals surface area contributed by atoms with E-state index >= 15 is 0 Å². The van der Waals surface area contributed by atoms with Crippen LogP contribution < -0.4 is 10.1 Å². The van der Waals surface area contributed by atoms with Gasteiger partial charge in [0.05, 0.1) is 11.0 Å². The number of carbonyl (C=O) groups excluding carboxylic acids is 1. The van der Waals surface area contributed by atoms with Crippen molar-refractivity contribution in [3.8, 4) is 11.6 Å². The Bertz CT molecular complexity index is 980. The minimum absolute atomic E-state index is 0.00105. The van der Waals surface area contributed by atoms with Gasteiger partial charge in [0.2, 0.25) is 5.88 Å². The van der Waals surface area contributed by atoms with Crippen molar-refractivity contribution in [2.75, 3.05) is 57.7 Å². The van der Waals surface area contributed by atoms with Gasteiger partial charge in [-0.25, -0.2) is 19.2 Å². The van der Waals surface area contributed by atoms with E-state index in [0.717, 1.165) is 44.4 Å². The summed E-state index contributed by atoms with van der Waals surface area (Å²) >= 11 is 0. The molecule has 12 heteroatoms. The first-order valence-electron chi connectivity index (χ1n) is 10.4. The Kier molecular flexibility index (Phi) is 6.71. The summed E-state index contributed by atoms with van der Waals surface area (Å²) in [5.74, 6) is -0.905. The van der Waals surface area contributed by atoms with Gasteiger partial charge in [-0.3, -0.25) is 20.3 Å². The average molecular weight is 445 g/mol. The van der Waals surface area contributed by atoms with Crippen molar-refractivity contribution in [2.24, 2.45) is 0 Å². The molecule has 3 heterocycles. The van der Waals surface area contributed by atoms with Crippen molar-refractivity contribution in [3.05, 3.63) is 46.5 Å². The number of hydrogen-bond acceptors (Lipinski definition) is 8. The number of anilines is 1. The molecule has 0 unspecified atom stereocenters. The molecule has 0 bridgehead atoms. The summed E-state index contributed by atoms with van der Waals surface area (Å²) in [6, 6.07) is 4.13. The van der Waals surface area contributed by atoms with Crippen LogP contribution in [0.2, 0.25) is 0 Å². The first-order valence-corrected chi connectivity index (χ1v) is 10.4. The van der Waals surface area contributed by atoms with Gasteiger partial charge in [0, 0.05) is 51.4 Å². The number of non-ortho nitro benzene ring substituents is 1. The van der Waals surface area contributed by atoms with Gasteiger partial charge in [-0.1, -0.05) is 0 Å². The van der Waals surface area contributed by atoms with Crippen LogP contribution in [-0.2, 0) is 0 Å². The number of likely N-dealkylation sites (tertiary alicyclic amines) is 1. The number of piperazine rings is 1. The Morgan fingerprint density at radius 2 is 1.81 bits per heavy atom. The maximum atomic E-state index is 14.0. The number of amides is 2. The molecule has 0 saturated carbocycles.